The fraction of sp³-hybridized carbons (Fsp3) is 0.450. The molecule has 0 bridgehead atoms. The van der Waals surface area contributed by atoms with E-state index in [0.29, 0.717) is 6.54 Å². The van der Waals surface area contributed by atoms with E-state index in [1.807, 2.05) is 13.8 Å². The standard InChI is InChI=1S/C20H24F3N3O4/c1-13(2)11-25(9-8-17(27)30-4)19(28)18-16(29-3)12-26(24-18)15-7-5-6-14(10-15)20(21,22)23/h5-7,10,12-13H,8-9,11H2,1-4H3. The summed E-state index contributed by atoms with van der Waals surface area (Å²) in [6, 6.07) is 4.59. The van der Waals surface area contributed by atoms with Crippen LogP contribution in [0.1, 0.15) is 36.3 Å². The zero-order valence-corrected chi connectivity index (χ0v) is 17.2. The third-order valence-electron chi connectivity index (χ3n) is 4.23. The average molecular weight is 427 g/mol. The van der Waals surface area contributed by atoms with E-state index >= 15 is 0 Å². The molecule has 0 aliphatic carbocycles. The van der Waals surface area contributed by atoms with Crippen molar-refractivity contribution in [2.24, 2.45) is 5.92 Å². The minimum Gasteiger partial charge on any atom is -0.493 e. The van der Waals surface area contributed by atoms with Crippen LogP contribution in [0.25, 0.3) is 5.69 Å². The highest BCUT2D eigenvalue weighted by Gasteiger charge is 2.31. The van der Waals surface area contributed by atoms with Crippen molar-refractivity contribution in [1.82, 2.24) is 14.7 Å². The Morgan fingerprint density at radius 2 is 1.93 bits per heavy atom. The van der Waals surface area contributed by atoms with Gasteiger partial charge in [0.2, 0.25) is 0 Å². The number of benzene rings is 1. The van der Waals surface area contributed by atoms with Gasteiger partial charge in [0.25, 0.3) is 5.91 Å². The molecule has 1 heterocycles. The Labute approximate surface area is 172 Å². The summed E-state index contributed by atoms with van der Waals surface area (Å²) < 4.78 is 50.1. The van der Waals surface area contributed by atoms with Crippen LogP contribution >= 0.6 is 0 Å². The lowest BCUT2D eigenvalue weighted by atomic mass is 10.2. The van der Waals surface area contributed by atoms with Gasteiger partial charge in [-0.25, -0.2) is 4.68 Å². The van der Waals surface area contributed by atoms with Crippen molar-refractivity contribution < 1.29 is 32.2 Å². The first-order chi connectivity index (χ1) is 14.1. The van der Waals surface area contributed by atoms with E-state index in [2.05, 4.69) is 9.84 Å². The maximum atomic E-state index is 13.1. The van der Waals surface area contributed by atoms with Gasteiger partial charge in [-0.3, -0.25) is 9.59 Å². The molecule has 7 nitrogen and oxygen atoms in total. The molecule has 0 saturated heterocycles. The van der Waals surface area contributed by atoms with E-state index in [1.54, 1.807) is 0 Å². The molecule has 2 aromatic rings. The van der Waals surface area contributed by atoms with Crippen molar-refractivity contribution in [1.29, 1.82) is 0 Å². The number of nitrogens with zero attached hydrogens (tertiary/aromatic N) is 3. The van der Waals surface area contributed by atoms with Gasteiger partial charge in [0.15, 0.2) is 11.4 Å². The highest BCUT2D eigenvalue weighted by Crippen LogP contribution is 2.31. The maximum absolute atomic E-state index is 13.1. The Morgan fingerprint density at radius 1 is 1.23 bits per heavy atom. The molecule has 0 fully saturated rings. The molecule has 0 atom stereocenters. The first-order valence-corrected chi connectivity index (χ1v) is 9.24. The number of aromatic nitrogens is 2. The van der Waals surface area contributed by atoms with Crippen LogP contribution in [-0.4, -0.2) is 53.9 Å². The summed E-state index contributed by atoms with van der Waals surface area (Å²) in [4.78, 5) is 26.0. The number of halogens is 3. The van der Waals surface area contributed by atoms with Crippen molar-refractivity contribution in [2.45, 2.75) is 26.4 Å². The lowest BCUT2D eigenvalue weighted by Gasteiger charge is -2.23. The molecule has 164 valence electrons. The summed E-state index contributed by atoms with van der Waals surface area (Å²) in [6.45, 7) is 4.30. The number of hydrogen-bond donors (Lipinski definition) is 0. The molecule has 0 radical (unpaired) electrons. The Morgan fingerprint density at radius 3 is 2.50 bits per heavy atom. The quantitative estimate of drug-likeness (QED) is 0.603. The molecule has 0 aliphatic rings. The largest absolute Gasteiger partial charge is 0.493 e. The second-order valence-corrected chi connectivity index (χ2v) is 7.01. The van der Waals surface area contributed by atoms with E-state index < -0.39 is 23.6 Å². The second kappa shape index (κ2) is 9.64. The lowest BCUT2D eigenvalue weighted by molar-refractivity contribution is -0.141. The third-order valence-corrected chi connectivity index (χ3v) is 4.23. The molecule has 1 aromatic heterocycles. The molecular weight excluding hydrogens is 403 g/mol. The van der Waals surface area contributed by atoms with Crippen LogP contribution in [0.5, 0.6) is 5.75 Å². The SMILES string of the molecule is COC(=O)CCN(CC(C)C)C(=O)c1nn(-c2cccc(C(F)(F)F)c2)cc1OC. The van der Waals surface area contributed by atoms with Crippen molar-refractivity contribution in [3.8, 4) is 11.4 Å². The molecule has 0 saturated carbocycles. The zero-order chi connectivity index (χ0) is 22.5. The number of carbonyl (C=O) groups is 2. The Balaban J connectivity index is 2.37. The first-order valence-electron chi connectivity index (χ1n) is 9.24. The summed E-state index contributed by atoms with van der Waals surface area (Å²) in [5.74, 6) is -0.722. The molecule has 1 amide bonds. The van der Waals surface area contributed by atoms with Crippen molar-refractivity contribution in [2.75, 3.05) is 27.3 Å². The van der Waals surface area contributed by atoms with Gasteiger partial charge in [0.1, 0.15) is 0 Å². The van der Waals surface area contributed by atoms with E-state index in [9.17, 15) is 22.8 Å². The minimum atomic E-state index is -4.51. The number of amides is 1. The third kappa shape index (κ3) is 5.74. The van der Waals surface area contributed by atoms with Gasteiger partial charge in [0.05, 0.1) is 38.1 Å². The van der Waals surface area contributed by atoms with Gasteiger partial charge in [0, 0.05) is 13.1 Å². The first kappa shape index (κ1) is 23.2. The van der Waals surface area contributed by atoms with Crippen LogP contribution in [-0.2, 0) is 15.7 Å². The number of rotatable bonds is 8. The molecule has 0 N–H and O–H groups in total. The Bertz CT molecular complexity index is 894. The van der Waals surface area contributed by atoms with Crippen molar-refractivity contribution >= 4 is 11.9 Å². The van der Waals surface area contributed by atoms with Crippen LogP contribution in [0.15, 0.2) is 30.5 Å². The van der Waals surface area contributed by atoms with Crippen LogP contribution in [0.2, 0.25) is 0 Å². The average Bonchev–Trinajstić information content (AvgIpc) is 3.14. The van der Waals surface area contributed by atoms with Crippen LogP contribution in [0.3, 0.4) is 0 Å². The van der Waals surface area contributed by atoms with Crippen LogP contribution < -0.4 is 4.74 Å². The van der Waals surface area contributed by atoms with Gasteiger partial charge in [-0.1, -0.05) is 19.9 Å². The predicted molar refractivity (Wildman–Crippen MR) is 102 cm³/mol. The van der Waals surface area contributed by atoms with Gasteiger partial charge in [-0.2, -0.15) is 18.3 Å². The zero-order valence-electron chi connectivity index (χ0n) is 17.2. The summed E-state index contributed by atoms with van der Waals surface area (Å²) in [7, 11) is 2.60. The maximum Gasteiger partial charge on any atom is 0.416 e. The van der Waals surface area contributed by atoms with Crippen molar-refractivity contribution in [3.63, 3.8) is 0 Å². The smallest absolute Gasteiger partial charge is 0.416 e. The fourth-order valence-corrected chi connectivity index (χ4v) is 2.81. The van der Waals surface area contributed by atoms with E-state index in [0.717, 1.165) is 16.8 Å². The van der Waals surface area contributed by atoms with Gasteiger partial charge >= 0.3 is 12.1 Å². The van der Waals surface area contributed by atoms with E-state index in [1.165, 1.54) is 37.4 Å². The lowest BCUT2D eigenvalue weighted by Crippen LogP contribution is -2.36. The molecule has 30 heavy (non-hydrogen) atoms. The monoisotopic (exact) mass is 427 g/mol. The number of hydrogen-bond acceptors (Lipinski definition) is 5. The normalized spacial score (nSPS) is 11.5. The minimum absolute atomic E-state index is 0.00557. The van der Waals surface area contributed by atoms with Gasteiger partial charge in [-0.15, -0.1) is 0 Å². The molecule has 0 aliphatic heterocycles. The second-order valence-electron chi connectivity index (χ2n) is 7.01. The van der Waals surface area contributed by atoms with Crippen molar-refractivity contribution in [3.05, 3.63) is 41.7 Å². The van der Waals surface area contributed by atoms with Crippen LogP contribution in [0.4, 0.5) is 13.2 Å². The molecule has 0 unspecified atom stereocenters. The summed E-state index contributed by atoms with van der Waals surface area (Å²) >= 11 is 0. The number of carbonyl (C=O) groups excluding carboxylic acids is 2. The highest BCUT2D eigenvalue weighted by atomic mass is 19.4. The van der Waals surface area contributed by atoms with Gasteiger partial charge < -0.3 is 14.4 Å². The highest BCUT2D eigenvalue weighted by molar-refractivity contribution is 5.95. The summed E-state index contributed by atoms with van der Waals surface area (Å²) in [6.07, 6.45) is -3.16. The summed E-state index contributed by atoms with van der Waals surface area (Å²) in [5.41, 5.74) is -0.755. The Kier molecular flexibility index (Phi) is 7.47. The molecule has 10 heteroatoms. The van der Waals surface area contributed by atoms with Gasteiger partial charge in [-0.05, 0) is 24.1 Å². The van der Waals surface area contributed by atoms with E-state index in [-0.39, 0.29) is 36.0 Å². The molecule has 0 spiro atoms. The fourth-order valence-electron chi connectivity index (χ4n) is 2.81. The number of esters is 1. The molecular formula is C20H24F3N3O4. The number of ether oxygens (including phenoxy) is 2. The molecule has 2 rings (SSSR count). The molecule has 1 aromatic carbocycles. The predicted octanol–water partition coefficient (Wildman–Crippen LogP) is 3.56. The topological polar surface area (TPSA) is 73.7 Å². The van der Waals surface area contributed by atoms with Crippen LogP contribution in [0, 0.1) is 5.92 Å². The summed E-state index contributed by atoms with van der Waals surface area (Å²) in [5, 5.41) is 4.17. The number of alkyl halides is 3. The number of methoxy groups -OCH3 is 2. The Hall–Kier alpha value is -3.04. The van der Waals surface area contributed by atoms with E-state index in [4.69, 9.17) is 4.74 Å².